The molecule has 0 radical (unpaired) electrons. The van der Waals surface area contributed by atoms with Crippen LogP contribution in [0.15, 0.2) is 29.5 Å². The highest BCUT2D eigenvalue weighted by Gasteiger charge is 2.23. The van der Waals surface area contributed by atoms with Gasteiger partial charge in [-0.25, -0.2) is 4.98 Å². The van der Waals surface area contributed by atoms with Crippen LogP contribution in [0.4, 0.5) is 5.82 Å². The van der Waals surface area contributed by atoms with E-state index in [9.17, 15) is 4.79 Å². The molecule has 0 spiro atoms. The summed E-state index contributed by atoms with van der Waals surface area (Å²) in [6.07, 6.45) is 1.78. The molecular formula is C8H8N4O. The van der Waals surface area contributed by atoms with E-state index in [1.54, 1.807) is 24.4 Å². The first kappa shape index (κ1) is 7.72. The number of carbonyl (C=O) groups is 1. The predicted molar refractivity (Wildman–Crippen MR) is 48.0 cm³/mol. The quantitative estimate of drug-likeness (QED) is 0.659. The molecule has 2 N–H and O–H groups in total. The number of hydrazone groups is 1. The van der Waals surface area contributed by atoms with Gasteiger partial charge in [-0.15, -0.1) is 0 Å². The van der Waals surface area contributed by atoms with E-state index in [1.165, 1.54) is 5.01 Å². The molecular weight excluding hydrogens is 168 g/mol. The molecule has 1 aliphatic heterocycles. The highest BCUT2D eigenvalue weighted by molar-refractivity contribution is 6.11. The van der Waals surface area contributed by atoms with Crippen molar-refractivity contribution in [3.8, 4) is 0 Å². The molecule has 0 saturated heterocycles. The average Bonchev–Trinajstić information content (AvgIpc) is 2.47. The lowest BCUT2D eigenvalue weighted by atomic mass is 10.4. The molecule has 5 heteroatoms. The second-order valence-corrected chi connectivity index (χ2v) is 2.66. The van der Waals surface area contributed by atoms with Crippen molar-refractivity contribution in [2.24, 2.45) is 10.8 Å². The lowest BCUT2D eigenvalue weighted by Gasteiger charge is -2.08. The number of rotatable bonds is 1. The van der Waals surface area contributed by atoms with Gasteiger partial charge in [-0.3, -0.25) is 4.79 Å². The number of carbonyl (C=O) groups excluding carboxylic acids is 1. The van der Waals surface area contributed by atoms with Gasteiger partial charge in [-0.2, -0.15) is 10.1 Å². The lowest BCUT2D eigenvalue weighted by Crippen LogP contribution is -2.20. The molecule has 5 nitrogen and oxygen atoms in total. The number of hydrogen-bond acceptors (Lipinski definition) is 4. The molecule has 66 valence electrons. The SMILES string of the molecule is NC1=NN(c2ccccn2)C(=O)C1. The largest absolute Gasteiger partial charge is 0.385 e. The number of anilines is 1. The fourth-order valence-corrected chi connectivity index (χ4v) is 1.11. The minimum atomic E-state index is -0.142. The third-order valence-corrected chi connectivity index (χ3v) is 1.66. The van der Waals surface area contributed by atoms with Crippen molar-refractivity contribution in [2.75, 3.05) is 5.01 Å². The molecule has 2 rings (SSSR count). The summed E-state index contributed by atoms with van der Waals surface area (Å²) in [7, 11) is 0. The monoisotopic (exact) mass is 176 g/mol. The molecule has 1 aliphatic rings. The zero-order valence-corrected chi connectivity index (χ0v) is 6.84. The van der Waals surface area contributed by atoms with Crippen molar-refractivity contribution in [3.63, 3.8) is 0 Å². The Labute approximate surface area is 74.9 Å². The first-order valence-electron chi connectivity index (χ1n) is 3.84. The number of nitrogens with two attached hydrogens (primary N) is 1. The second kappa shape index (κ2) is 2.85. The minimum absolute atomic E-state index is 0.142. The molecule has 0 fully saturated rings. The fraction of sp³-hybridized carbons (Fsp3) is 0.125. The van der Waals surface area contributed by atoms with Gasteiger partial charge >= 0.3 is 0 Å². The van der Waals surface area contributed by atoms with E-state index in [-0.39, 0.29) is 12.3 Å². The van der Waals surface area contributed by atoms with Crippen molar-refractivity contribution in [1.82, 2.24) is 4.98 Å². The molecule has 13 heavy (non-hydrogen) atoms. The van der Waals surface area contributed by atoms with Crippen molar-refractivity contribution < 1.29 is 4.79 Å². The highest BCUT2D eigenvalue weighted by atomic mass is 16.2. The molecule has 0 bridgehead atoms. The summed E-state index contributed by atoms with van der Waals surface area (Å²) in [6, 6.07) is 5.27. The molecule has 1 aromatic rings. The maximum absolute atomic E-state index is 11.3. The Morgan fingerprint density at radius 1 is 1.46 bits per heavy atom. The number of amidine groups is 1. The topological polar surface area (TPSA) is 71.6 Å². The van der Waals surface area contributed by atoms with E-state index in [4.69, 9.17) is 5.73 Å². The van der Waals surface area contributed by atoms with Crippen LogP contribution >= 0.6 is 0 Å². The van der Waals surface area contributed by atoms with E-state index >= 15 is 0 Å². The van der Waals surface area contributed by atoms with Crippen molar-refractivity contribution in [3.05, 3.63) is 24.4 Å². The Morgan fingerprint density at radius 2 is 2.31 bits per heavy atom. The van der Waals surface area contributed by atoms with E-state index < -0.39 is 0 Å². The van der Waals surface area contributed by atoms with Crippen molar-refractivity contribution >= 4 is 17.6 Å². The zero-order chi connectivity index (χ0) is 9.26. The second-order valence-electron chi connectivity index (χ2n) is 2.66. The summed E-state index contributed by atoms with van der Waals surface area (Å²) in [5.74, 6) is 0.694. The molecule has 1 amide bonds. The number of pyridine rings is 1. The van der Waals surface area contributed by atoms with Crippen LogP contribution in [0.5, 0.6) is 0 Å². The highest BCUT2D eigenvalue weighted by Crippen LogP contribution is 2.15. The van der Waals surface area contributed by atoms with E-state index in [1.807, 2.05) is 0 Å². The van der Waals surface area contributed by atoms with Gasteiger partial charge in [0.2, 0.25) is 0 Å². The van der Waals surface area contributed by atoms with Gasteiger partial charge in [0.25, 0.3) is 5.91 Å². The third-order valence-electron chi connectivity index (χ3n) is 1.66. The Kier molecular flexibility index (Phi) is 1.70. The molecule has 0 unspecified atom stereocenters. The summed E-state index contributed by atoms with van der Waals surface area (Å²) < 4.78 is 0. The smallest absolute Gasteiger partial charge is 0.256 e. The molecule has 1 aromatic heterocycles. The molecule has 0 atom stereocenters. The van der Waals surface area contributed by atoms with Crippen molar-refractivity contribution in [2.45, 2.75) is 6.42 Å². The number of aromatic nitrogens is 1. The van der Waals surface area contributed by atoms with Gasteiger partial charge in [0, 0.05) is 6.20 Å². The fourth-order valence-electron chi connectivity index (χ4n) is 1.11. The van der Waals surface area contributed by atoms with E-state index in [2.05, 4.69) is 10.1 Å². The van der Waals surface area contributed by atoms with Crippen LogP contribution in [0.3, 0.4) is 0 Å². The molecule has 0 saturated carbocycles. The molecule has 0 aromatic carbocycles. The van der Waals surface area contributed by atoms with Crippen LogP contribution in [-0.2, 0) is 4.79 Å². The van der Waals surface area contributed by atoms with Crippen LogP contribution in [-0.4, -0.2) is 16.7 Å². The van der Waals surface area contributed by atoms with Crippen LogP contribution in [0, 0.1) is 0 Å². The molecule has 2 heterocycles. The van der Waals surface area contributed by atoms with Crippen LogP contribution in [0.25, 0.3) is 0 Å². The number of hydrogen-bond donors (Lipinski definition) is 1. The van der Waals surface area contributed by atoms with Gasteiger partial charge in [-0.1, -0.05) is 6.07 Å². The zero-order valence-electron chi connectivity index (χ0n) is 6.84. The Hall–Kier alpha value is -1.91. The maximum atomic E-state index is 11.3. The Balaban J connectivity index is 2.33. The van der Waals surface area contributed by atoms with Gasteiger partial charge in [0.05, 0.1) is 6.42 Å². The third kappa shape index (κ3) is 1.35. The standard InChI is InChI=1S/C8H8N4O/c9-6-5-8(13)12(11-6)7-3-1-2-4-10-7/h1-4H,5H2,(H2,9,11). The van der Waals surface area contributed by atoms with Gasteiger partial charge < -0.3 is 5.73 Å². The number of nitrogens with zero attached hydrogens (tertiary/aromatic N) is 3. The lowest BCUT2D eigenvalue weighted by molar-refractivity contribution is -0.116. The summed E-state index contributed by atoms with van der Waals surface area (Å²) in [6.45, 7) is 0. The van der Waals surface area contributed by atoms with E-state index in [0.29, 0.717) is 11.7 Å². The normalized spacial score (nSPS) is 16.2. The maximum Gasteiger partial charge on any atom is 0.256 e. The van der Waals surface area contributed by atoms with Crippen molar-refractivity contribution in [1.29, 1.82) is 0 Å². The Morgan fingerprint density at radius 3 is 2.85 bits per heavy atom. The van der Waals surface area contributed by atoms with E-state index in [0.717, 1.165) is 0 Å². The summed E-state index contributed by atoms with van der Waals surface area (Å²) in [4.78, 5) is 15.3. The predicted octanol–water partition coefficient (Wildman–Crippen LogP) is 0.0905. The van der Waals surface area contributed by atoms with Gasteiger partial charge in [0.15, 0.2) is 5.82 Å². The minimum Gasteiger partial charge on any atom is -0.385 e. The summed E-state index contributed by atoms with van der Waals surface area (Å²) in [5.41, 5.74) is 5.41. The van der Waals surface area contributed by atoms with Crippen LogP contribution in [0.1, 0.15) is 6.42 Å². The summed E-state index contributed by atoms with van der Waals surface area (Å²) >= 11 is 0. The first-order valence-corrected chi connectivity index (χ1v) is 3.84. The van der Waals surface area contributed by atoms with Gasteiger partial charge in [0.1, 0.15) is 5.84 Å². The average molecular weight is 176 g/mol. The van der Waals surface area contributed by atoms with Gasteiger partial charge in [-0.05, 0) is 12.1 Å². The molecule has 0 aliphatic carbocycles. The first-order chi connectivity index (χ1) is 6.27. The Bertz CT molecular complexity index is 360. The number of amides is 1. The van der Waals surface area contributed by atoms with Crippen LogP contribution < -0.4 is 10.7 Å². The summed E-state index contributed by atoms with van der Waals surface area (Å²) in [5, 5.41) is 5.07. The van der Waals surface area contributed by atoms with Crippen LogP contribution in [0.2, 0.25) is 0 Å².